The summed E-state index contributed by atoms with van der Waals surface area (Å²) in [5.74, 6) is 3.62. The van der Waals surface area contributed by atoms with Crippen molar-refractivity contribution in [2.24, 2.45) is 5.92 Å². The fourth-order valence-corrected chi connectivity index (χ4v) is 2.55. The van der Waals surface area contributed by atoms with E-state index in [2.05, 4.69) is 17.1 Å². The lowest BCUT2D eigenvalue weighted by Gasteiger charge is -2.39. The van der Waals surface area contributed by atoms with Gasteiger partial charge >= 0.3 is 6.09 Å². The summed E-state index contributed by atoms with van der Waals surface area (Å²) >= 11 is 1.77. The molecule has 0 aliphatic carbocycles. The zero-order valence-electron chi connectivity index (χ0n) is 13.1. The molecule has 1 amide bonds. The van der Waals surface area contributed by atoms with Gasteiger partial charge in [0.25, 0.3) is 0 Å². The summed E-state index contributed by atoms with van der Waals surface area (Å²) in [6.45, 7) is 9.10. The molecule has 118 valence electrons. The zero-order valence-corrected chi connectivity index (χ0v) is 13.9. The highest BCUT2D eigenvalue weighted by Crippen LogP contribution is 2.22. The Morgan fingerprint density at radius 3 is 2.81 bits per heavy atom. The number of amides is 1. The molecule has 1 fully saturated rings. The van der Waals surface area contributed by atoms with Crippen LogP contribution in [0.1, 0.15) is 39.4 Å². The van der Waals surface area contributed by atoms with Crippen LogP contribution in [0.25, 0.3) is 0 Å². The number of likely N-dealkylation sites (tertiary alicyclic amines) is 1. The molecule has 1 aromatic rings. The van der Waals surface area contributed by atoms with Crippen LogP contribution in [0, 0.1) is 5.92 Å². The van der Waals surface area contributed by atoms with Crippen molar-refractivity contribution in [3.05, 3.63) is 11.7 Å². The van der Waals surface area contributed by atoms with E-state index in [4.69, 9.17) is 9.26 Å². The first-order valence-electron chi connectivity index (χ1n) is 7.24. The van der Waals surface area contributed by atoms with E-state index in [9.17, 15) is 4.79 Å². The summed E-state index contributed by atoms with van der Waals surface area (Å²) in [6, 6.07) is 0. The lowest BCUT2D eigenvalue weighted by atomic mass is 9.97. The van der Waals surface area contributed by atoms with Crippen LogP contribution < -0.4 is 0 Å². The van der Waals surface area contributed by atoms with Gasteiger partial charge in [0, 0.05) is 25.4 Å². The molecule has 21 heavy (non-hydrogen) atoms. The van der Waals surface area contributed by atoms with Crippen molar-refractivity contribution in [3.8, 4) is 0 Å². The van der Waals surface area contributed by atoms with Crippen LogP contribution in [0.3, 0.4) is 0 Å². The topological polar surface area (TPSA) is 68.5 Å². The van der Waals surface area contributed by atoms with Gasteiger partial charge in [-0.25, -0.2) is 4.79 Å². The molecular weight excluding hydrogens is 290 g/mol. The minimum absolute atomic E-state index is 0.246. The summed E-state index contributed by atoms with van der Waals surface area (Å²) in [7, 11) is 0. The van der Waals surface area contributed by atoms with Crippen LogP contribution in [-0.4, -0.2) is 45.6 Å². The van der Waals surface area contributed by atoms with Gasteiger partial charge in [-0.1, -0.05) is 12.1 Å². The zero-order chi connectivity index (χ0) is 15.5. The molecule has 0 radical (unpaired) electrons. The summed E-state index contributed by atoms with van der Waals surface area (Å²) in [4.78, 5) is 17.9. The molecule has 0 aromatic carbocycles. The maximum atomic E-state index is 11.8. The van der Waals surface area contributed by atoms with Gasteiger partial charge in [0.15, 0.2) is 5.82 Å². The summed E-state index contributed by atoms with van der Waals surface area (Å²) in [6.07, 6.45) is 0.479. The van der Waals surface area contributed by atoms with E-state index in [1.807, 2.05) is 20.8 Å². The normalized spacial score (nSPS) is 15.9. The highest BCUT2D eigenvalue weighted by molar-refractivity contribution is 7.98. The molecule has 7 heteroatoms. The van der Waals surface area contributed by atoms with Crippen LogP contribution in [-0.2, 0) is 16.9 Å². The number of rotatable bonds is 5. The maximum absolute atomic E-state index is 11.8. The van der Waals surface area contributed by atoms with Crippen molar-refractivity contribution in [2.45, 2.75) is 45.5 Å². The predicted octanol–water partition coefficient (Wildman–Crippen LogP) is 2.73. The van der Waals surface area contributed by atoms with Crippen LogP contribution in [0.5, 0.6) is 0 Å². The van der Waals surface area contributed by atoms with Gasteiger partial charge in [-0.05, 0) is 26.5 Å². The van der Waals surface area contributed by atoms with Gasteiger partial charge in [0.05, 0.1) is 5.75 Å². The number of nitrogens with zero attached hydrogens (tertiary/aromatic N) is 3. The van der Waals surface area contributed by atoms with Gasteiger partial charge in [0.1, 0.15) is 5.60 Å². The predicted molar refractivity (Wildman–Crippen MR) is 81.1 cm³/mol. The smallest absolute Gasteiger partial charge is 0.410 e. The van der Waals surface area contributed by atoms with E-state index in [0.29, 0.717) is 24.9 Å². The third kappa shape index (κ3) is 4.91. The van der Waals surface area contributed by atoms with E-state index in [-0.39, 0.29) is 6.09 Å². The van der Waals surface area contributed by atoms with Gasteiger partial charge in [-0.2, -0.15) is 16.7 Å². The van der Waals surface area contributed by atoms with Gasteiger partial charge in [-0.3, -0.25) is 0 Å². The Balaban J connectivity index is 1.73. The number of thioether (sulfide) groups is 1. The summed E-state index contributed by atoms with van der Waals surface area (Å²) in [5.41, 5.74) is -0.444. The number of carbonyl (C=O) groups is 1. The highest BCUT2D eigenvalue weighted by atomic mass is 32.2. The van der Waals surface area contributed by atoms with E-state index in [1.54, 1.807) is 16.7 Å². The second kappa shape index (κ2) is 6.68. The molecule has 2 heterocycles. The monoisotopic (exact) mass is 313 g/mol. The van der Waals surface area contributed by atoms with Gasteiger partial charge in [0.2, 0.25) is 5.89 Å². The number of ether oxygens (including phenoxy) is 1. The second-order valence-corrected chi connectivity index (χ2v) is 7.47. The first-order valence-corrected chi connectivity index (χ1v) is 8.40. The fraction of sp³-hybridized carbons (Fsp3) is 0.786. The third-order valence-electron chi connectivity index (χ3n) is 3.02. The van der Waals surface area contributed by atoms with E-state index < -0.39 is 5.60 Å². The van der Waals surface area contributed by atoms with Gasteiger partial charge in [-0.15, -0.1) is 0 Å². The Morgan fingerprint density at radius 1 is 1.48 bits per heavy atom. The van der Waals surface area contributed by atoms with Gasteiger partial charge < -0.3 is 14.2 Å². The second-order valence-electron chi connectivity index (χ2n) is 6.20. The summed E-state index contributed by atoms with van der Waals surface area (Å²) < 4.78 is 10.6. The Labute approximate surface area is 129 Å². The SMILES string of the molecule is CCSCc1noc(CC2CN(C(=O)OC(C)(C)C)C2)n1. The molecule has 1 aromatic heterocycles. The molecule has 0 bridgehead atoms. The molecular formula is C14H23N3O3S. The lowest BCUT2D eigenvalue weighted by molar-refractivity contribution is -0.00186. The lowest BCUT2D eigenvalue weighted by Crippen LogP contribution is -2.52. The molecule has 1 aliphatic heterocycles. The molecule has 0 unspecified atom stereocenters. The van der Waals surface area contributed by atoms with Crippen LogP contribution in [0.15, 0.2) is 4.52 Å². The van der Waals surface area contributed by atoms with Crippen molar-refractivity contribution in [3.63, 3.8) is 0 Å². The van der Waals surface area contributed by atoms with E-state index >= 15 is 0 Å². The third-order valence-corrected chi connectivity index (χ3v) is 3.89. The van der Waals surface area contributed by atoms with E-state index in [1.165, 1.54) is 0 Å². The molecule has 0 spiro atoms. The van der Waals surface area contributed by atoms with Crippen LogP contribution >= 0.6 is 11.8 Å². The molecule has 0 saturated carbocycles. The Morgan fingerprint density at radius 2 is 2.19 bits per heavy atom. The number of hydrogen-bond donors (Lipinski definition) is 0. The molecule has 1 aliphatic rings. The fourth-order valence-electron chi connectivity index (χ4n) is 2.05. The Kier molecular flexibility index (Phi) is 5.13. The first-order chi connectivity index (χ1) is 9.87. The molecule has 0 N–H and O–H groups in total. The Hall–Kier alpha value is -1.24. The largest absolute Gasteiger partial charge is 0.444 e. The highest BCUT2D eigenvalue weighted by Gasteiger charge is 2.34. The molecule has 6 nitrogen and oxygen atoms in total. The number of carbonyl (C=O) groups excluding carboxylic acids is 1. The summed E-state index contributed by atoms with van der Waals surface area (Å²) in [5, 5.41) is 3.96. The average molecular weight is 313 g/mol. The van der Waals surface area contributed by atoms with Crippen molar-refractivity contribution < 1.29 is 14.1 Å². The van der Waals surface area contributed by atoms with Crippen molar-refractivity contribution in [1.29, 1.82) is 0 Å². The molecule has 2 rings (SSSR count). The first kappa shape index (κ1) is 16.1. The minimum Gasteiger partial charge on any atom is -0.444 e. The number of hydrogen-bond acceptors (Lipinski definition) is 6. The van der Waals surface area contributed by atoms with Crippen molar-refractivity contribution >= 4 is 17.9 Å². The standard InChI is InChI=1S/C14H23N3O3S/c1-5-21-9-11-15-12(20-16-11)6-10-7-17(8-10)13(18)19-14(2,3)4/h10H,5-9H2,1-4H3. The van der Waals surface area contributed by atoms with Crippen molar-refractivity contribution in [1.82, 2.24) is 15.0 Å². The molecule has 0 atom stereocenters. The molecule has 1 saturated heterocycles. The van der Waals surface area contributed by atoms with Crippen molar-refractivity contribution in [2.75, 3.05) is 18.8 Å². The maximum Gasteiger partial charge on any atom is 0.410 e. The number of aromatic nitrogens is 2. The quantitative estimate of drug-likeness (QED) is 0.832. The Bertz CT molecular complexity index is 478. The van der Waals surface area contributed by atoms with E-state index in [0.717, 1.165) is 23.8 Å². The van der Waals surface area contributed by atoms with Crippen LogP contribution in [0.2, 0.25) is 0 Å². The van der Waals surface area contributed by atoms with Crippen LogP contribution in [0.4, 0.5) is 4.79 Å². The average Bonchev–Trinajstić information content (AvgIpc) is 2.76. The minimum atomic E-state index is -0.444.